The van der Waals surface area contributed by atoms with Crippen LogP contribution < -0.4 is 5.32 Å². The largest absolute Gasteiger partial charge is 0.381 e. The van der Waals surface area contributed by atoms with Crippen LogP contribution in [0.3, 0.4) is 0 Å². The molecule has 7 nitrogen and oxygen atoms in total. The first-order chi connectivity index (χ1) is 13.9. The summed E-state index contributed by atoms with van der Waals surface area (Å²) in [5.41, 5.74) is 1.20. The lowest BCUT2D eigenvalue weighted by Crippen LogP contribution is -2.18. The molecule has 0 aliphatic carbocycles. The molecule has 1 N–H and O–H groups in total. The maximum atomic E-state index is 13.0. The van der Waals surface area contributed by atoms with Crippen molar-refractivity contribution < 1.29 is 17.9 Å². The first kappa shape index (κ1) is 21.3. The van der Waals surface area contributed by atoms with E-state index in [1.54, 1.807) is 48.3 Å². The van der Waals surface area contributed by atoms with E-state index in [1.807, 2.05) is 13.0 Å². The molecule has 0 saturated carbocycles. The second-order valence-corrected chi connectivity index (χ2v) is 9.31. The molecule has 0 radical (unpaired) electrons. The van der Waals surface area contributed by atoms with Crippen molar-refractivity contribution >= 4 is 27.1 Å². The number of carbonyl (C=O) groups excluding carboxylic acids is 1. The molecule has 156 valence electrons. The zero-order valence-corrected chi connectivity index (χ0v) is 17.6. The maximum absolute atomic E-state index is 13.0. The van der Waals surface area contributed by atoms with E-state index >= 15 is 0 Å². The van der Waals surface area contributed by atoms with Crippen molar-refractivity contribution in [3.8, 4) is 0 Å². The molecule has 1 amide bonds. The number of aromatic nitrogens is 2. The smallest absolute Gasteiger partial charge is 0.257 e. The minimum atomic E-state index is -3.30. The molecule has 0 atom stereocenters. The van der Waals surface area contributed by atoms with Crippen LogP contribution in [0.4, 0.5) is 5.82 Å². The van der Waals surface area contributed by atoms with Gasteiger partial charge in [0.05, 0.1) is 10.6 Å². The van der Waals surface area contributed by atoms with E-state index in [-0.39, 0.29) is 22.5 Å². The number of allylic oxidation sites excluding steroid dienone is 1. The Labute approximate surface area is 171 Å². The number of nitrogens with one attached hydrogen (secondary N) is 1. The van der Waals surface area contributed by atoms with Gasteiger partial charge in [-0.15, -0.1) is 0 Å². The van der Waals surface area contributed by atoms with E-state index in [0.717, 1.165) is 12.8 Å². The minimum absolute atomic E-state index is 0.108. The Hall–Kier alpha value is -2.45. The first-order valence-corrected chi connectivity index (χ1v) is 11.5. The van der Waals surface area contributed by atoms with Crippen LogP contribution in [0.1, 0.15) is 31.7 Å². The van der Waals surface area contributed by atoms with Crippen molar-refractivity contribution in [3.63, 3.8) is 0 Å². The molecule has 2 aromatic rings. The summed E-state index contributed by atoms with van der Waals surface area (Å²) in [6.45, 7) is 3.18. The van der Waals surface area contributed by atoms with Crippen LogP contribution in [-0.2, 0) is 26.4 Å². The highest BCUT2D eigenvalue weighted by Gasteiger charge is 2.20. The highest BCUT2D eigenvalue weighted by atomic mass is 32.2. The number of anilines is 1. The van der Waals surface area contributed by atoms with Gasteiger partial charge in [-0.05, 0) is 42.9 Å². The molecule has 1 aliphatic rings. The third kappa shape index (κ3) is 5.55. The normalized spacial score (nSPS) is 16.0. The summed E-state index contributed by atoms with van der Waals surface area (Å²) in [4.78, 5) is 13.3. The molecule has 0 bridgehead atoms. The third-order valence-corrected chi connectivity index (χ3v) is 6.80. The lowest BCUT2D eigenvalue weighted by molar-refractivity contribution is -0.111. The summed E-state index contributed by atoms with van der Waals surface area (Å²) in [7, 11) is -1.51. The van der Waals surface area contributed by atoms with Gasteiger partial charge in [0.1, 0.15) is 0 Å². The van der Waals surface area contributed by atoms with Crippen molar-refractivity contribution in [1.29, 1.82) is 0 Å². The fourth-order valence-corrected chi connectivity index (χ4v) is 4.64. The topological polar surface area (TPSA) is 90.3 Å². The Bertz CT molecular complexity index is 972. The lowest BCUT2D eigenvalue weighted by Gasteiger charge is -2.20. The quantitative estimate of drug-likeness (QED) is 0.699. The summed E-state index contributed by atoms with van der Waals surface area (Å²) >= 11 is 0. The number of ether oxygens (including phenoxy) is 1. The summed E-state index contributed by atoms with van der Waals surface area (Å²) in [6.07, 6.45) is 5.99. The first-order valence-electron chi connectivity index (χ1n) is 9.83. The Kier molecular flexibility index (Phi) is 6.87. The average Bonchev–Trinajstić information content (AvgIpc) is 3.11. The van der Waals surface area contributed by atoms with Gasteiger partial charge < -0.3 is 10.1 Å². The standard InChI is InChI=1S/C21H27N3O4S/c1-3-14-29(26,27)18-6-4-17(5-7-18)19(15-16-9-12-28-13-10-16)21(25)22-20-8-11-24(2)23-20/h4-8,11,15-16H,3,9-10,12-14H2,1-2H3,(H,22,23,25)/b19-15+. The molecule has 0 unspecified atom stereocenters. The zero-order chi connectivity index (χ0) is 20.9. The summed E-state index contributed by atoms with van der Waals surface area (Å²) in [5.74, 6) is 0.547. The highest BCUT2D eigenvalue weighted by Crippen LogP contribution is 2.25. The van der Waals surface area contributed by atoms with Crippen molar-refractivity contribution in [2.45, 2.75) is 31.1 Å². The number of carbonyl (C=O) groups is 1. The van der Waals surface area contributed by atoms with Crippen LogP contribution >= 0.6 is 0 Å². The molecule has 1 aliphatic heterocycles. The molecule has 8 heteroatoms. The molecule has 0 spiro atoms. The minimum Gasteiger partial charge on any atom is -0.381 e. The molecule has 2 heterocycles. The second-order valence-electron chi connectivity index (χ2n) is 7.20. The SMILES string of the molecule is CCCS(=O)(=O)c1ccc(/C(=C\C2CCOCC2)C(=O)Nc2ccn(C)n2)cc1. The molecule has 3 rings (SSSR count). The van der Waals surface area contributed by atoms with Crippen LogP contribution in [0.15, 0.2) is 47.5 Å². The van der Waals surface area contributed by atoms with E-state index in [4.69, 9.17) is 4.74 Å². The fraction of sp³-hybridized carbons (Fsp3) is 0.429. The molecule has 1 aromatic heterocycles. The number of sulfone groups is 1. The van der Waals surface area contributed by atoms with E-state index in [2.05, 4.69) is 10.4 Å². The number of hydrogen-bond donors (Lipinski definition) is 1. The lowest BCUT2D eigenvalue weighted by atomic mass is 9.94. The van der Waals surface area contributed by atoms with Crippen molar-refractivity contribution in [1.82, 2.24) is 9.78 Å². The summed E-state index contributed by atoms with van der Waals surface area (Å²) in [5, 5.41) is 7.03. The van der Waals surface area contributed by atoms with E-state index in [9.17, 15) is 13.2 Å². The van der Waals surface area contributed by atoms with Crippen LogP contribution in [-0.4, -0.2) is 43.1 Å². The highest BCUT2D eigenvalue weighted by molar-refractivity contribution is 7.91. The summed E-state index contributed by atoms with van der Waals surface area (Å²) < 4.78 is 31.6. The molecule has 1 saturated heterocycles. The molecule has 1 fully saturated rings. The predicted molar refractivity (Wildman–Crippen MR) is 112 cm³/mol. The van der Waals surface area contributed by atoms with Crippen LogP contribution in [0, 0.1) is 5.92 Å². The van der Waals surface area contributed by atoms with E-state index < -0.39 is 9.84 Å². The van der Waals surface area contributed by atoms with Crippen molar-refractivity contribution in [3.05, 3.63) is 48.2 Å². The molecule has 29 heavy (non-hydrogen) atoms. The molecular formula is C21H27N3O4S. The number of aryl methyl sites for hydroxylation is 1. The Morgan fingerprint density at radius 1 is 1.24 bits per heavy atom. The van der Waals surface area contributed by atoms with Crippen molar-refractivity contribution in [2.24, 2.45) is 13.0 Å². The van der Waals surface area contributed by atoms with Crippen molar-refractivity contribution in [2.75, 3.05) is 24.3 Å². The van der Waals surface area contributed by atoms with Crippen LogP contribution in [0.2, 0.25) is 0 Å². The Morgan fingerprint density at radius 2 is 1.93 bits per heavy atom. The van der Waals surface area contributed by atoms with E-state index in [1.165, 1.54) is 0 Å². The number of rotatable bonds is 7. The number of nitrogens with zero attached hydrogens (tertiary/aromatic N) is 2. The number of amides is 1. The maximum Gasteiger partial charge on any atom is 0.257 e. The van der Waals surface area contributed by atoms with Gasteiger partial charge in [-0.25, -0.2) is 8.42 Å². The third-order valence-electron chi connectivity index (χ3n) is 4.87. The number of benzene rings is 1. The average molecular weight is 418 g/mol. The van der Waals surface area contributed by atoms with Gasteiger partial charge in [-0.1, -0.05) is 25.1 Å². The van der Waals surface area contributed by atoms with Crippen LogP contribution in [0.25, 0.3) is 5.57 Å². The van der Waals surface area contributed by atoms with Gasteiger partial charge in [0.2, 0.25) is 0 Å². The van der Waals surface area contributed by atoms with Gasteiger partial charge in [-0.3, -0.25) is 9.48 Å². The molecular weight excluding hydrogens is 390 g/mol. The fourth-order valence-electron chi connectivity index (χ4n) is 3.31. The number of hydrogen-bond acceptors (Lipinski definition) is 5. The monoisotopic (exact) mass is 417 g/mol. The molecule has 1 aromatic carbocycles. The second kappa shape index (κ2) is 9.37. The van der Waals surface area contributed by atoms with Crippen LogP contribution in [0.5, 0.6) is 0 Å². The predicted octanol–water partition coefficient (Wildman–Crippen LogP) is 3.05. The summed E-state index contributed by atoms with van der Waals surface area (Å²) in [6, 6.07) is 8.28. The Balaban J connectivity index is 1.89. The van der Waals surface area contributed by atoms with Gasteiger partial charge in [0.25, 0.3) is 5.91 Å². The van der Waals surface area contributed by atoms with Gasteiger partial charge in [0, 0.05) is 38.1 Å². The van der Waals surface area contributed by atoms with Gasteiger partial charge in [0.15, 0.2) is 15.7 Å². The van der Waals surface area contributed by atoms with Gasteiger partial charge >= 0.3 is 0 Å². The Morgan fingerprint density at radius 3 is 2.52 bits per heavy atom. The van der Waals surface area contributed by atoms with E-state index in [0.29, 0.717) is 36.6 Å². The zero-order valence-electron chi connectivity index (χ0n) is 16.8. The van der Waals surface area contributed by atoms with Gasteiger partial charge in [-0.2, -0.15) is 5.10 Å².